The smallest absolute Gasteiger partial charge is 0.119 e. The normalized spacial score (nSPS) is 7.81. The van der Waals surface area contributed by atoms with E-state index in [4.69, 9.17) is 5.11 Å². The van der Waals surface area contributed by atoms with Crippen LogP contribution in [0.15, 0.2) is 0 Å². The van der Waals surface area contributed by atoms with Crippen molar-refractivity contribution in [1.29, 1.82) is 0 Å². The Hall–Kier alpha value is -0.175. The molecule has 16 heavy (non-hydrogen) atoms. The van der Waals surface area contributed by atoms with Gasteiger partial charge in [0.1, 0.15) is 6.29 Å². The Bertz CT molecular complexity index is 101. The summed E-state index contributed by atoms with van der Waals surface area (Å²) >= 11 is 0. The molecule has 0 unspecified atom stereocenters. The van der Waals surface area contributed by atoms with Crippen molar-refractivity contribution in [1.82, 2.24) is 0 Å². The minimum atomic E-state index is 0. The molecule has 0 saturated heterocycles. The minimum absolute atomic E-state index is 0. The molecule has 7 radical (unpaired) electrons. The molecule has 0 bridgehead atoms. The second-order valence-corrected chi connectivity index (χ2v) is 3.57. The summed E-state index contributed by atoms with van der Waals surface area (Å²) in [6.45, 7) is 6.74. The summed E-state index contributed by atoms with van der Waals surface area (Å²) in [7, 11) is 8.00. The van der Waals surface area contributed by atoms with Crippen LogP contribution in [0.25, 0.3) is 0 Å². The van der Waals surface area contributed by atoms with Crippen LogP contribution in [0, 0.1) is 5.92 Å². The fourth-order valence-corrected chi connectivity index (χ4v) is 0.787. The van der Waals surface area contributed by atoms with E-state index in [0.717, 1.165) is 44.3 Å². The van der Waals surface area contributed by atoms with Gasteiger partial charge >= 0.3 is 0 Å². The van der Waals surface area contributed by atoms with Gasteiger partial charge in [0.25, 0.3) is 0 Å². The highest BCUT2D eigenvalue weighted by atomic mass is 16.2. The average Bonchev–Trinajstić information content (AvgIpc) is 2.27. The third kappa shape index (κ3) is 48.8. The van der Waals surface area contributed by atoms with E-state index in [1.54, 1.807) is 0 Å². The average molecular weight is 221 g/mol. The molecule has 0 heterocycles. The van der Waals surface area contributed by atoms with Gasteiger partial charge in [0.2, 0.25) is 0 Å². The molecule has 0 atom stereocenters. The lowest BCUT2D eigenvalue weighted by atomic mass is 9.81. The van der Waals surface area contributed by atoms with Gasteiger partial charge in [0.05, 0.1) is 0 Å². The quantitative estimate of drug-likeness (QED) is 0.420. The van der Waals surface area contributed by atoms with E-state index in [9.17, 15) is 4.79 Å². The van der Waals surface area contributed by atoms with E-state index in [1.165, 1.54) is 0 Å². The molecular weight excluding hydrogens is 197 g/mol. The van der Waals surface area contributed by atoms with Gasteiger partial charge in [-0.25, -0.2) is 0 Å². The second-order valence-electron chi connectivity index (χ2n) is 3.57. The Labute approximate surface area is 106 Å². The zero-order valence-corrected chi connectivity index (χ0v) is 11.0. The fourth-order valence-electron chi connectivity index (χ4n) is 0.787. The predicted molar refractivity (Wildman–Crippen MR) is 74.0 cm³/mol. The maximum Gasteiger partial charge on any atom is 0.119 e. The van der Waals surface area contributed by atoms with Crippen LogP contribution in [0.2, 0.25) is 0 Å². The summed E-state index contributed by atoms with van der Waals surface area (Å²) in [5, 5.41) is 8.32. The Morgan fingerprint density at radius 2 is 1.75 bits per heavy atom. The summed E-state index contributed by atoms with van der Waals surface area (Å²) in [4.78, 5) is 9.56. The van der Waals surface area contributed by atoms with E-state index in [1.807, 2.05) is 0 Å². The summed E-state index contributed by atoms with van der Waals surface area (Å²) in [6.07, 6.45) is 5.97. The summed E-state index contributed by atoms with van der Waals surface area (Å²) in [5.41, 5.74) is 0. The van der Waals surface area contributed by atoms with Crippen LogP contribution in [-0.4, -0.2) is 41.9 Å². The fraction of sp³-hybridized carbons (Fsp3) is 0.909. The van der Waals surface area contributed by atoms with Crippen LogP contribution < -0.4 is 0 Å². The van der Waals surface area contributed by atoms with Crippen LogP contribution >= 0.6 is 0 Å². The summed E-state index contributed by atoms with van der Waals surface area (Å²) < 4.78 is 0. The van der Waals surface area contributed by atoms with E-state index in [2.05, 4.69) is 36.2 Å². The van der Waals surface area contributed by atoms with Gasteiger partial charge in [-0.1, -0.05) is 27.2 Å². The molecule has 89 valence electrons. The number of hydrogen-bond donors (Lipinski definition) is 1. The molecule has 0 amide bonds. The number of rotatable bonds is 6. The SMILES string of the molecule is CC(C)CCCO.CCCCC=O.[B].[B][B]. The molecule has 0 saturated carbocycles. The van der Waals surface area contributed by atoms with Gasteiger partial charge in [-0.3, -0.25) is 0 Å². The molecule has 0 aromatic carbocycles. The van der Waals surface area contributed by atoms with Crippen LogP contribution in [0.5, 0.6) is 0 Å². The molecule has 0 aliphatic rings. The van der Waals surface area contributed by atoms with Crippen molar-refractivity contribution in [3.8, 4) is 0 Å². The molecule has 0 aromatic rings. The van der Waals surface area contributed by atoms with Gasteiger partial charge in [-0.05, 0) is 25.2 Å². The Morgan fingerprint density at radius 1 is 1.25 bits per heavy atom. The van der Waals surface area contributed by atoms with Crippen LogP contribution in [-0.2, 0) is 4.79 Å². The van der Waals surface area contributed by atoms with Gasteiger partial charge < -0.3 is 9.90 Å². The first-order chi connectivity index (χ1) is 7.18. The van der Waals surface area contributed by atoms with Crippen molar-refractivity contribution < 1.29 is 9.90 Å². The molecule has 0 aliphatic heterocycles. The third-order valence-electron chi connectivity index (χ3n) is 1.62. The van der Waals surface area contributed by atoms with Crippen LogP contribution in [0.1, 0.15) is 52.9 Å². The molecule has 0 aromatic heterocycles. The van der Waals surface area contributed by atoms with E-state index < -0.39 is 0 Å². The minimum Gasteiger partial charge on any atom is -0.396 e. The molecule has 2 nitrogen and oxygen atoms in total. The van der Waals surface area contributed by atoms with Crippen molar-refractivity contribution in [2.75, 3.05) is 6.61 Å². The maximum atomic E-state index is 9.56. The predicted octanol–water partition coefficient (Wildman–Crippen LogP) is 1.65. The third-order valence-corrected chi connectivity index (χ3v) is 1.62. The van der Waals surface area contributed by atoms with Gasteiger partial charge in [0, 0.05) is 36.9 Å². The Morgan fingerprint density at radius 3 is 1.88 bits per heavy atom. The monoisotopic (exact) mass is 221 g/mol. The zero-order chi connectivity index (χ0) is 12.5. The van der Waals surface area contributed by atoms with Gasteiger partial charge in [-0.15, -0.1) is 0 Å². The molecule has 1 N–H and O–H groups in total. The van der Waals surface area contributed by atoms with Crippen LogP contribution in [0.3, 0.4) is 0 Å². The number of hydrogen-bond acceptors (Lipinski definition) is 2. The molecular formula is C11H24B3O2. The number of carbonyl (C=O) groups excluding carboxylic acids is 1. The maximum absolute atomic E-state index is 9.56. The first-order valence-electron chi connectivity index (χ1n) is 5.56. The number of aldehydes is 1. The number of aliphatic hydroxyl groups excluding tert-OH is 1. The van der Waals surface area contributed by atoms with Crippen molar-refractivity contribution in [3.05, 3.63) is 0 Å². The molecule has 0 spiro atoms. The highest BCUT2D eigenvalue weighted by molar-refractivity contribution is 6.75. The molecule has 0 aliphatic carbocycles. The standard InChI is InChI=1S/C6H14O.C5H10O.B2.B/c1-6(2)4-3-5-7;1-2-3-4-5-6;1-2;/h6-7H,3-5H2,1-2H3;5H,2-4H2,1H3;;. The van der Waals surface area contributed by atoms with E-state index in [-0.39, 0.29) is 8.41 Å². The second kappa shape index (κ2) is 29.4. The molecule has 0 fully saturated rings. The summed E-state index contributed by atoms with van der Waals surface area (Å²) in [5.74, 6) is 0.743. The highest BCUT2D eigenvalue weighted by Gasteiger charge is 1.89. The first-order valence-corrected chi connectivity index (χ1v) is 5.56. The van der Waals surface area contributed by atoms with Crippen molar-refractivity contribution in [2.24, 2.45) is 5.92 Å². The summed E-state index contributed by atoms with van der Waals surface area (Å²) in [6, 6.07) is 0. The highest BCUT2D eigenvalue weighted by Crippen LogP contribution is 2.00. The number of aliphatic hydroxyl groups is 1. The first kappa shape index (κ1) is 24.9. The van der Waals surface area contributed by atoms with Crippen LogP contribution in [0.4, 0.5) is 0 Å². The van der Waals surface area contributed by atoms with Gasteiger partial charge in [0.15, 0.2) is 0 Å². The lowest BCUT2D eigenvalue weighted by molar-refractivity contribution is -0.107. The molecule has 0 rings (SSSR count). The number of unbranched alkanes of at least 4 members (excludes halogenated alkanes) is 2. The van der Waals surface area contributed by atoms with Gasteiger partial charge in [-0.2, -0.15) is 0 Å². The number of carbonyl (C=O) groups is 1. The molecule has 5 heteroatoms. The van der Waals surface area contributed by atoms with E-state index >= 15 is 0 Å². The Kier molecular flexibility index (Phi) is 45.6. The van der Waals surface area contributed by atoms with E-state index in [0.29, 0.717) is 6.61 Å². The van der Waals surface area contributed by atoms with Crippen molar-refractivity contribution >= 4 is 30.2 Å². The lowest BCUT2D eigenvalue weighted by Crippen LogP contribution is -1.89. The largest absolute Gasteiger partial charge is 0.396 e. The topological polar surface area (TPSA) is 37.3 Å². The van der Waals surface area contributed by atoms with Crippen molar-refractivity contribution in [3.63, 3.8) is 0 Å². The lowest BCUT2D eigenvalue weighted by Gasteiger charge is -1.98. The zero-order valence-electron chi connectivity index (χ0n) is 11.0. The van der Waals surface area contributed by atoms with Crippen molar-refractivity contribution in [2.45, 2.75) is 52.9 Å². The Balaban J connectivity index is -0.0000000743.